The van der Waals surface area contributed by atoms with Crippen LogP contribution >= 0.6 is 0 Å². The van der Waals surface area contributed by atoms with Crippen LogP contribution in [0.25, 0.3) is 0 Å². The number of hydrogen-bond donors (Lipinski definition) is 1. The van der Waals surface area contributed by atoms with Crippen molar-refractivity contribution in [2.75, 3.05) is 26.2 Å². The summed E-state index contributed by atoms with van der Waals surface area (Å²) in [5.74, 6) is -0.608. The molecule has 6 heteroatoms. The highest BCUT2D eigenvalue weighted by atomic mass is 19.1. The van der Waals surface area contributed by atoms with Gasteiger partial charge in [0.1, 0.15) is 5.82 Å². The predicted molar refractivity (Wildman–Crippen MR) is 86.8 cm³/mol. The van der Waals surface area contributed by atoms with E-state index in [0.29, 0.717) is 26.1 Å². The molecule has 2 aliphatic rings. The summed E-state index contributed by atoms with van der Waals surface area (Å²) in [7, 11) is 0. The molecule has 130 valence electrons. The third-order valence-corrected chi connectivity index (χ3v) is 4.70. The lowest BCUT2D eigenvalue weighted by molar-refractivity contribution is -0.129. The van der Waals surface area contributed by atoms with Crippen molar-refractivity contribution in [1.82, 2.24) is 10.2 Å². The number of likely N-dealkylation sites (tertiary alicyclic amines) is 1. The summed E-state index contributed by atoms with van der Waals surface area (Å²) in [5.41, 5.74) is 0.982. The average molecular weight is 334 g/mol. The summed E-state index contributed by atoms with van der Waals surface area (Å²) in [6, 6.07) is 6.29. The Bertz CT molecular complexity index is 584. The topological polar surface area (TPSA) is 58.6 Å². The van der Waals surface area contributed by atoms with Crippen LogP contribution in [0.15, 0.2) is 24.3 Å². The van der Waals surface area contributed by atoms with E-state index < -0.39 is 0 Å². The summed E-state index contributed by atoms with van der Waals surface area (Å²) >= 11 is 0. The fourth-order valence-corrected chi connectivity index (χ4v) is 3.24. The van der Waals surface area contributed by atoms with Gasteiger partial charge in [-0.25, -0.2) is 4.39 Å². The molecular formula is C18H23FN2O3. The average Bonchev–Trinajstić information content (AvgIpc) is 3.22. The summed E-state index contributed by atoms with van der Waals surface area (Å²) in [4.78, 5) is 26.0. The van der Waals surface area contributed by atoms with Gasteiger partial charge >= 0.3 is 0 Å². The lowest BCUT2D eigenvalue weighted by atomic mass is 10.1. The Hall–Kier alpha value is -1.95. The lowest BCUT2D eigenvalue weighted by Gasteiger charge is -2.17. The third kappa shape index (κ3) is 4.32. The Morgan fingerprint density at radius 1 is 1.33 bits per heavy atom. The zero-order valence-corrected chi connectivity index (χ0v) is 13.7. The van der Waals surface area contributed by atoms with E-state index in [1.807, 2.05) is 0 Å². The van der Waals surface area contributed by atoms with E-state index in [1.54, 1.807) is 17.0 Å². The molecule has 0 spiro atoms. The first kappa shape index (κ1) is 16.9. The predicted octanol–water partition coefficient (Wildman–Crippen LogP) is 1.51. The van der Waals surface area contributed by atoms with Gasteiger partial charge in [-0.2, -0.15) is 0 Å². The van der Waals surface area contributed by atoms with Crippen LogP contribution in [0.5, 0.6) is 0 Å². The van der Waals surface area contributed by atoms with E-state index in [-0.39, 0.29) is 36.1 Å². The number of rotatable bonds is 6. The first-order chi connectivity index (χ1) is 11.6. The maximum Gasteiger partial charge on any atom is 0.225 e. The van der Waals surface area contributed by atoms with E-state index in [9.17, 15) is 14.0 Å². The Morgan fingerprint density at radius 3 is 2.83 bits per heavy atom. The second-order valence-electron chi connectivity index (χ2n) is 6.50. The molecule has 0 aromatic heterocycles. The fourth-order valence-electron chi connectivity index (χ4n) is 3.24. The number of nitrogens with zero attached hydrogens (tertiary/aromatic N) is 1. The number of halogens is 1. The van der Waals surface area contributed by atoms with Gasteiger partial charge in [0, 0.05) is 32.7 Å². The molecule has 0 saturated carbocycles. The molecule has 1 N–H and O–H groups in total. The monoisotopic (exact) mass is 334 g/mol. The molecule has 2 atom stereocenters. The quantitative estimate of drug-likeness (QED) is 0.858. The van der Waals surface area contributed by atoms with E-state index in [4.69, 9.17) is 4.74 Å². The van der Waals surface area contributed by atoms with Gasteiger partial charge in [0.2, 0.25) is 11.8 Å². The van der Waals surface area contributed by atoms with Crippen molar-refractivity contribution in [3.63, 3.8) is 0 Å². The zero-order chi connectivity index (χ0) is 16.9. The number of ether oxygens (including phenoxy) is 1. The standard InChI is InChI=1S/C18H23FN2O3/c19-15-5-3-13(4-6-15)7-8-21-12-14(10-17(21)22)18(23)20-11-16-2-1-9-24-16/h3-6,14,16H,1-2,7-12H2,(H,20,23)/t14-,16-/m1/s1. The number of carbonyl (C=O) groups is 2. The normalized spacial score (nSPS) is 23.7. The van der Waals surface area contributed by atoms with E-state index >= 15 is 0 Å². The fraction of sp³-hybridized carbons (Fsp3) is 0.556. The van der Waals surface area contributed by atoms with Gasteiger partial charge in [0.15, 0.2) is 0 Å². The Kier molecular flexibility index (Phi) is 5.45. The largest absolute Gasteiger partial charge is 0.376 e. The van der Waals surface area contributed by atoms with Crippen molar-refractivity contribution in [2.45, 2.75) is 31.8 Å². The molecule has 1 aromatic carbocycles. The first-order valence-electron chi connectivity index (χ1n) is 8.53. The van der Waals surface area contributed by atoms with Crippen LogP contribution in [0.2, 0.25) is 0 Å². The Morgan fingerprint density at radius 2 is 2.12 bits per heavy atom. The lowest BCUT2D eigenvalue weighted by Crippen LogP contribution is -2.37. The number of hydrogen-bond acceptors (Lipinski definition) is 3. The second-order valence-corrected chi connectivity index (χ2v) is 6.50. The van der Waals surface area contributed by atoms with Crippen LogP contribution in [0.4, 0.5) is 4.39 Å². The molecule has 0 bridgehead atoms. The molecule has 2 heterocycles. The van der Waals surface area contributed by atoms with Crippen LogP contribution in [0.3, 0.4) is 0 Å². The van der Waals surface area contributed by atoms with Crippen molar-refractivity contribution in [1.29, 1.82) is 0 Å². The SMILES string of the molecule is O=C(NC[C@H]1CCCO1)[C@@H]1CC(=O)N(CCc2ccc(F)cc2)C1. The Labute approximate surface area is 141 Å². The molecular weight excluding hydrogens is 311 g/mol. The first-order valence-corrected chi connectivity index (χ1v) is 8.53. The highest BCUT2D eigenvalue weighted by molar-refractivity contribution is 5.89. The molecule has 2 fully saturated rings. The van der Waals surface area contributed by atoms with Crippen molar-refractivity contribution in [2.24, 2.45) is 5.92 Å². The second kappa shape index (κ2) is 7.75. The van der Waals surface area contributed by atoms with Crippen LogP contribution in [0, 0.1) is 11.7 Å². The highest BCUT2D eigenvalue weighted by Crippen LogP contribution is 2.19. The molecule has 0 radical (unpaired) electrons. The van der Waals surface area contributed by atoms with E-state index in [2.05, 4.69) is 5.32 Å². The maximum absolute atomic E-state index is 12.9. The number of amides is 2. The van der Waals surface area contributed by atoms with Crippen molar-refractivity contribution in [3.8, 4) is 0 Å². The summed E-state index contributed by atoms with van der Waals surface area (Å²) in [6.45, 7) is 2.30. The van der Waals surface area contributed by atoms with Gasteiger partial charge in [0.25, 0.3) is 0 Å². The molecule has 5 nitrogen and oxygen atoms in total. The zero-order valence-electron chi connectivity index (χ0n) is 13.7. The van der Waals surface area contributed by atoms with Crippen LogP contribution < -0.4 is 5.32 Å². The van der Waals surface area contributed by atoms with Gasteiger partial charge in [-0.15, -0.1) is 0 Å². The molecule has 2 aliphatic heterocycles. The van der Waals surface area contributed by atoms with Crippen LogP contribution in [0.1, 0.15) is 24.8 Å². The minimum Gasteiger partial charge on any atom is -0.376 e. The number of benzene rings is 1. The van der Waals surface area contributed by atoms with Crippen molar-refractivity contribution in [3.05, 3.63) is 35.6 Å². The van der Waals surface area contributed by atoms with Gasteiger partial charge in [-0.1, -0.05) is 12.1 Å². The molecule has 2 saturated heterocycles. The minimum atomic E-state index is -0.285. The van der Waals surface area contributed by atoms with Gasteiger partial charge < -0.3 is 15.0 Å². The van der Waals surface area contributed by atoms with Crippen molar-refractivity contribution < 1.29 is 18.7 Å². The van der Waals surface area contributed by atoms with E-state index in [0.717, 1.165) is 25.0 Å². The molecule has 3 rings (SSSR count). The van der Waals surface area contributed by atoms with Gasteiger partial charge in [-0.3, -0.25) is 9.59 Å². The van der Waals surface area contributed by atoms with Crippen LogP contribution in [-0.2, 0) is 20.7 Å². The summed E-state index contributed by atoms with van der Waals surface area (Å²) in [5, 5.41) is 2.90. The third-order valence-electron chi connectivity index (χ3n) is 4.70. The molecule has 1 aromatic rings. The highest BCUT2D eigenvalue weighted by Gasteiger charge is 2.34. The molecule has 2 amide bonds. The summed E-state index contributed by atoms with van der Waals surface area (Å²) < 4.78 is 18.4. The molecule has 0 unspecified atom stereocenters. The smallest absolute Gasteiger partial charge is 0.225 e. The van der Waals surface area contributed by atoms with E-state index in [1.165, 1.54) is 12.1 Å². The Balaban J connectivity index is 1.44. The van der Waals surface area contributed by atoms with Gasteiger partial charge in [-0.05, 0) is 37.0 Å². The molecule has 24 heavy (non-hydrogen) atoms. The molecule has 0 aliphatic carbocycles. The number of nitrogens with one attached hydrogen (secondary N) is 1. The summed E-state index contributed by atoms with van der Waals surface area (Å²) in [6.07, 6.45) is 3.06. The van der Waals surface area contributed by atoms with Gasteiger partial charge in [0.05, 0.1) is 12.0 Å². The minimum absolute atomic E-state index is 0.00868. The number of carbonyl (C=O) groups excluding carboxylic acids is 2. The van der Waals surface area contributed by atoms with Crippen molar-refractivity contribution >= 4 is 11.8 Å². The van der Waals surface area contributed by atoms with Crippen LogP contribution in [-0.4, -0.2) is 49.1 Å². The maximum atomic E-state index is 12.9.